The first-order valence-corrected chi connectivity index (χ1v) is 9.87. The molecule has 126 valence electrons. The molecule has 0 unspecified atom stereocenters. The van der Waals surface area contributed by atoms with Crippen LogP contribution in [0.25, 0.3) is 0 Å². The van der Waals surface area contributed by atoms with E-state index in [-0.39, 0.29) is 0 Å². The third-order valence-corrected chi connectivity index (χ3v) is 5.83. The number of allylic oxidation sites excluding steroid dienone is 4. The molecule has 1 aliphatic carbocycles. The lowest BCUT2D eigenvalue weighted by atomic mass is 10.1. The summed E-state index contributed by atoms with van der Waals surface area (Å²) in [5.41, 5.74) is 3.39. The van der Waals surface area contributed by atoms with E-state index in [1.54, 1.807) is 0 Å². The average Bonchev–Trinajstić information content (AvgIpc) is 2.56. The lowest BCUT2D eigenvalue weighted by Crippen LogP contribution is -2.17. The summed E-state index contributed by atoms with van der Waals surface area (Å²) in [6.45, 7) is 4.44. The van der Waals surface area contributed by atoms with Crippen LogP contribution in [-0.2, 0) is 19.8 Å². The van der Waals surface area contributed by atoms with Crippen molar-refractivity contribution in [3.05, 3.63) is 53.8 Å². The number of rotatable bonds is 8. The minimum Gasteiger partial charge on any atom is -0.348 e. The molecule has 0 heterocycles. The summed E-state index contributed by atoms with van der Waals surface area (Å²) in [6.07, 6.45) is 8.88. The quantitative estimate of drug-likeness (QED) is 0.618. The van der Waals surface area contributed by atoms with Crippen molar-refractivity contribution in [2.24, 2.45) is 0 Å². The fourth-order valence-electron chi connectivity index (χ4n) is 2.61. The van der Waals surface area contributed by atoms with E-state index in [2.05, 4.69) is 42.3 Å². The Balaban J connectivity index is 2.08. The molecular weight excluding hydrogens is 309 g/mol. The molecule has 1 aromatic rings. The summed E-state index contributed by atoms with van der Waals surface area (Å²) in [7, 11) is -0.966. The molecule has 0 bridgehead atoms. The highest BCUT2D eigenvalue weighted by molar-refractivity contribution is 7.53. The average molecular weight is 335 g/mol. The number of anilines is 1. The largest absolute Gasteiger partial charge is 0.348 e. The van der Waals surface area contributed by atoms with Crippen molar-refractivity contribution >= 4 is 13.3 Å². The van der Waals surface area contributed by atoms with Crippen molar-refractivity contribution in [2.75, 3.05) is 25.2 Å². The fraction of sp³-hybridized carbons (Fsp3) is 0.444. The van der Waals surface area contributed by atoms with Gasteiger partial charge in [0.1, 0.15) is 0 Å². The Bertz CT molecular complexity index is 597. The first kappa shape index (κ1) is 18.0. The van der Waals surface area contributed by atoms with Crippen LogP contribution in [0.3, 0.4) is 0 Å². The van der Waals surface area contributed by atoms with Crippen molar-refractivity contribution in [2.45, 2.75) is 32.9 Å². The van der Waals surface area contributed by atoms with Gasteiger partial charge in [0.05, 0.1) is 19.4 Å². The minimum absolute atomic E-state index is 0.310. The van der Waals surface area contributed by atoms with Gasteiger partial charge in [-0.2, -0.15) is 0 Å². The summed E-state index contributed by atoms with van der Waals surface area (Å²) < 4.78 is 23.3. The monoisotopic (exact) mass is 335 g/mol. The van der Waals surface area contributed by atoms with Crippen LogP contribution in [0.15, 0.2) is 48.2 Å². The van der Waals surface area contributed by atoms with Gasteiger partial charge in [-0.25, -0.2) is 0 Å². The molecule has 0 N–H and O–H groups in total. The second kappa shape index (κ2) is 8.49. The molecule has 5 heteroatoms. The van der Waals surface area contributed by atoms with E-state index in [0.29, 0.717) is 19.4 Å². The Labute approximate surface area is 139 Å². The van der Waals surface area contributed by atoms with Crippen LogP contribution in [-0.4, -0.2) is 20.3 Å². The molecule has 23 heavy (non-hydrogen) atoms. The van der Waals surface area contributed by atoms with Gasteiger partial charge in [0, 0.05) is 18.4 Å². The van der Waals surface area contributed by atoms with Crippen LogP contribution in [0.4, 0.5) is 5.69 Å². The topological polar surface area (TPSA) is 38.8 Å². The lowest BCUT2D eigenvalue weighted by Gasteiger charge is -2.24. The van der Waals surface area contributed by atoms with Gasteiger partial charge in [-0.05, 0) is 50.5 Å². The van der Waals surface area contributed by atoms with Crippen LogP contribution in [0.1, 0.15) is 32.3 Å². The van der Waals surface area contributed by atoms with Gasteiger partial charge in [-0.1, -0.05) is 24.3 Å². The Kier molecular flexibility index (Phi) is 6.64. The predicted molar refractivity (Wildman–Crippen MR) is 95.9 cm³/mol. The zero-order valence-electron chi connectivity index (χ0n) is 14.2. The number of nitrogens with zero attached hydrogens (tertiary/aromatic N) is 1. The molecule has 0 aromatic heterocycles. The van der Waals surface area contributed by atoms with Gasteiger partial charge >= 0.3 is 7.60 Å². The van der Waals surface area contributed by atoms with Gasteiger partial charge in [-0.15, -0.1) is 0 Å². The number of hydrogen-bond acceptors (Lipinski definition) is 4. The van der Waals surface area contributed by atoms with Crippen molar-refractivity contribution < 1.29 is 13.6 Å². The number of hydrogen-bond donors (Lipinski definition) is 0. The van der Waals surface area contributed by atoms with Crippen LogP contribution < -0.4 is 4.90 Å². The zero-order valence-corrected chi connectivity index (χ0v) is 15.1. The zero-order chi connectivity index (χ0) is 16.7. The highest BCUT2D eigenvalue weighted by Crippen LogP contribution is 2.51. The summed E-state index contributed by atoms with van der Waals surface area (Å²) >= 11 is 0. The molecule has 0 aliphatic heterocycles. The first-order valence-electron chi connectivity index (χ1n) is 8.14. The lowest BCUT2D eigenvalue weighted by molar-refractivity contribution is 0.219. The molecule has 0 spiro atoms. The van der Waals surface area contributed by atoms with E-state index < -0.39 is 7.60 Å². The van der Waals surface area contributed by atoms with E-state index >= 15 is 0 Å². The molecule has 1 aromatic carbocycles. The molecule has 2 rings (SSSR count). The second-order valence-electron chi connectivity index (χ2n) is 5.45. The van der Waals surface area contributed by atoms with Crippen molar-refractivity contribution in [3.8, 4) is 0 Å². The minimum atomic E-state index is -3.04. The molecular formula is C18H26NO3P. The van der Waals surface area contributed by atoms with Crippen LogP contribution in [0.2, 0.25) is 0 Å². The molecule has 0 saturated heterocycles. The maximum Gasteiger partial charge on any atom is 0.335 e. The highest BCUT2D eigenvalue weighted by atomic mass is 31.2. The van der Waals surface area contributed by atoms with Gasteiger partial charge in [-0.3, -0.25) is 4.57 Å². The standard InChI is InChI=1S/C18H26NO3P/c1-4-21-23(20,22-5-2)15-16-11-13-18(14-12-16)19(3)17-9-7-6-8-10-17/h6-7,9,11-14H,4-5,8,10,15H2,1-3H3. The second-order valence-corrected chi connectivity index (χ2v) is 7.51. The maximum absolute atomic E-state index is 12.6. The van der Waals surface area contributed by atoms with Crippen molar-refractivity contribution in [1.29, 1.82) is 0 Å². The Morgan fingerprint density at radius 2 is 1.78 bits per heavy atom. The molecule has 0 radical (unpaired) electrons. The van der Waals surface area contributed by atoms with Crippen molar-refractivity contribution in [3.63, 3.8) is 0 Å². The molecule has 0 amide bonds. The third-order valence-electron chi connectivity index (χ3n) is 3.77. The van der Waals surface area contributed by atoms with E-state index in [9.17, 15) is 4.57 Å². The summed E-state index contributed by atoms with van der Waals surface area (Å²) in [4.78, 5) is 2.19. The Hall–Kier alpha value is -1.35. The molecule has 4 nitrogen and oxygen atoms in total. The van der Waals surface area contributed by atoms with Crippen molar-refractivity contribution in [1.82, 2.24) is 0 Å². The molecule has 1 aliphatic rings. The van der Waals surface area contributed by atoms with Gasteiger partial charge in [0.2, 0.25) is 0 Å². The molecule has 0 saturated carbocycles. The Morgan fingerprint density at radius 1 is 1.13 bits per heavy atom. The number of benzene rings is 1. The van der Waals surface area contributed by atoms with Gasteiger partial charge < -0.3 is 13.9 Å². The van der Waals surface area contributed by atoms with Crippen LogP contribution in [0.5, 0.6) is 0 Å². The molecule has 0 atom stereocenters. The fourth-order valence-corrected chi connectivity index (χ4v) is 4.31. The van der Waals surface area contributed by atoms with E-state index in [1.807, 2.05) is 26.0 Å². The first-order chi connectivity index (χ1) is 11.1. The van der Waals surface area contributed by atoms with Crippen LogP contribution >= 0.6 is 7.60 Å². The summed E-state index contributed by atoms with van der Waals surface area (Å²) in [5, 5.41) is 0. The van der Waals surface area contributed by atoms with E-state index in [1.165, 1.54) is 5.70 Å². The predicted octanol–water partition coefficient (Wildman–Crippen LogP) is 5.12. The van der Waals surface area contributed by atoms with Crippen LogP contribution in [0, 0.1) is 0 Å². The smallest absolute Gasteiger partial charge is 0.335 e. The normalized spacial score (nSPS) is 14.7. The highest BCUT2D eigenvalue weighted by Gasteiger charge is 2.24. The molecule has 0 fully saturated rings. The SMILES string of the molecule is CCOP(=O)(Cc1ccc(N(C)C2=CC=CCC2)cc1)OCC. The third kappa shape index (κ3) is 5.07. The van der Waals surface area contributed by atoms with E-state index in [0.717, 1.165) is 24.1 Å². The summed E-state index contributed by atoms with van der Waals surface area (Å²) in [5.74, 6) is 0. The van der Waals surface area contributed by atoms with E-state index in [4.69, 9.17) is 9.05 Å². The van der Waals surface area contributed by atoms with Gasteiger partial charge in [0.25, 0.3) is 0 Å². The van der Waals surface area contributed by atoms with Gasteiger partial charge in [0.15, 0.2) is 0 Å². The Morgan fingerprint density at radius 3 is 2.30 bits per heavy atom. The maximum atomic E-state index is 12.6. The summed E-state index contributed by atoms with van der Waals surface area (Å²) in [6, 6.07) is 8.10.